The van der Waals surface area contributed by atoms with Crippen molar-refractivity contribution in [1.82, 2.24) is 5.32 Å². The average Bonchev–Trinajstić information content (AvgIpc) is 2.77. The normalized spacial score (nSPS) is 10.2. The fourth-order valence-electron chi connectivity index (χ4n) is 2.88. The average molecular weight is 402 g/mol. The maximum absolute atomic E-state index is 12.6. The van der Waals surface area contributed by atoms with Gasteiger partial charge in [-0.15, -0.1) is 0 Å². The SMILES string of the molecule is CC(=O)c1ccccc1NC(=O)COc1ccccc1C(=O)NCc1ccccc1. The molecule has 2 amide bonds. The Kier molecular flexibility index (Phi) is 6.95. The van der Waals surface area contributed by atoms with Crippen LogP contribution in [0.25, 0.3) is 0 Å². The minimum atomic E-state index is -0.428. The van der Waals surface area contributed by atoms with Gasteiger partial charge >= 0.3 is 0 Å². The molecule has 0 fully saturated rings. The highest BCUT2D eigenvalue weighted by Crippen LogP contribution is 2.19. The van der Waals surface area contributed by atoms with Crippen LogP contribution in [0, 0.1) is 0 Å². The van der Waals surface area contributed by atoms with Crippen LogP contribution >= 0.6 is 0 Å². The largest absolute Gasteiger partial charge is 0.483 e. The van der Waals surface area contributed by atoms with Crippen molar-refractivity contribution in [2.75, 3.05) is 11.9 Å². The molecule has 0 aliphatic heterocycles. The Balaban J connectivity index is 1.61. The highest BCUT2D eigenvalue weighted by atomic mass is 16.5. The van der Waals surface area contributed by atoms with Gasteiger partial charge in [-0.3, -0.25) is 14.4 Å². The molecule has 0 saturated heterocycles. The zero-order valence-corrected chi connectivity index (χ0v) is 16.6. The van der Waals surface area contributed by atoms with Crippen molar-refractivity contribution in [2.24, 2.45) is 0 Å². The number of anilines is 1. The number of ketones is 1. The third kappa shape index (κ3) is 5.54. The van der Waals surface area contributed by atoms with Crippen LogP contribution in [0.3, 0.4) is 0 Å². The molecule has 3 rings (SSSR count). The lowest BCUT2D eigenvalue weighted by Gasteiger charge is -2.13. The fraction of sp³-hybridized carbons (Fsp3) is 0.125. The van der Waals surface area contributed by atoms with E-state index in [-0.39, 0.29) is 18.3 Å². The lowest BCUT2D eigenvalue weighted by molar-refractivity contribution is -0.118. The first kappa shape index (κ1) is 20.8. The van der Waals surface area contributed by atoms with Crippen molar-refractivity contribution in [3.8, 4) is 5.75 Å². The molecule has 0 aliphatic carbocycles. The van der Waals surface area contributed by atoms with Crippen LogP contribution in [0.2, 0.25) is 0 Å². The molecule has 3 aromatic rings. The molecule has 0 unspecified atom stereocenters. The van der Waals surface area contributed by atoms with E-state index in [4.69, 9.17) is 4.74 Å². The maximum Gasteiger partial charge on any atom is 0.262 e. The molecule has 0 radical (unpaired) electrons. The zero-order chi connectivity index (χ0) is 21.3. The monoisotopic (exact) mass is 402 g/mol. The summed E-state index contributed by atoms with van der Waals surface area (Å²) in [6.45, 7) is 1.53. The second kappa shape index (κ2) is 10.0. The van der Waals surface area contributed by atoms with Gasteiger partial charge in [-0.1, -0.05) is 54.6 Å². The van der Waals surface area contributed by atoms with E-state index in [1.165, 1.54) is 6.92 Å². The van der Waals surface area contributed by atoms with Gasteiger partial charge in [-0.2, -0.15) is 0 Å². The van der Waals surface area contributed by atoms with E-state index < -0.39 is 5.91 Å². The number of amides is 2. The minimum absolute atomic E-state index is 0.146. The van der Waals surface area contributed by atoms with Crippen molar-refractivity contribution in [3.05, 3.63) is 95.6 Å². The molecular formula is C24H22N2O4. The molecule has 0 atom stereocenters. The number of ether oxygens (including phenoxy) is 1. The summed E-state index contributed by atoms with van der Waals surface area (Å²) in [6.07, 6.45) is 0. The van der Waals surface area contributed by atoms with Crippen LogP contribution < -0.4 is 15.4 Å². The molecule has 30 heavy (non-hydrogen) atoms. The van der Waals surface area contributed by atoms with Crippen LogP contribution in [-0.2, 0) is 11.3 Å². The van der Waals surface area contributed by atoms with E-state index in [1.54, 1.807) is 48.5 Å². The van der Waals surface area contributed by atoms with Crippen molar-refractivity contribution in [2.45, 2.75) is 13.5 Å². The van der Waals surface area contributed by atoms with E-state index in [2.05, 4.69) is 10.6 Å². The Labute approximate surface area is 174 Å². The molecule has 0 spiro atoms. The first-order valence-corrected chi connectivity index (χ1v) is 9.48. The quantitative estimate of drug-likeness (QED) is 0.561. The number of benzene rings is 3. The van der Waals surface area contributed by atoms with E-state index in [0.29, 0.717) is 29.1 Å². The van der Waals surface area contributed by atoms with Crippen LogP contribution in [0.1, 0.15) is 33.2 Å². The Hall–Kier alpha value is -3.93. The van der Waals surface area contributed by atoms with Crippen LogP contribution in [0.4, 0.5) is 5.69 Å². The summed E-state index contributed by atoms with van der Waals surface area (Å²) < 4.78 is 5.59. The van der Waals surface area contributed by atoms with Gasteiger partial charge in [-0.05, 0) is 36.8 Å². The molecule has 2 N–H and O–H groups in total. The number of nitrogens with one attached hydrogen (secondary N) is 2. The highest BCUT2D eigenvalue weighted by Gasteiger charge is 2.14. The molecule has 0 heterocycles. The molecule has 152 valence electrons. The molecule has 0 bridgehead atoms. The number of carbonyl (C=O) groups excluding carboxylic acids is 3. The Bertz CT molecular complexity index is 1050. The summed E-state index contributed by atoms with van der Waals surface area (Å²) >= 11 is 0. The van der Waals surface area contributed by atoms with Gasteiger partial charge in [0.05, 0.1) is 11.3 Å². The van der Waals surface area contributed by atoms with Gasteiger partial charge in [0, 0.05) is 12.1 Å². The third-order valence-corrected chi connectivity index (χ3v) is 4.37. The number of para-hydroxylation sites is 2. The zero-order valence-electron chi connectivity index (χ0n) is 16.6. The number of hydrogen-bond acceptors (Lipinski definition) is 4. The second-order valence-electron chi connectivity index (χ2n) is 6.60. The van der Waals surface area contributed by atoms with Crippen LogP contribution in [0.5, 0.6) is 5.75 Å². The number of Topliss-reactive ketones (excluding diaryl/α,β-unsaturated/α-hetero) is 1. The van der Waals surface area contributed by atoms with Crippen molar-refractivity contribution < 1.29 is 19.1 Å². The van der Waals surface area contributed by atoms with Gasteiger partial charge in [0.1, 0.15) is 5.75 Å². The summed E-state index contributed by atoms with van der Waals surface area (Å²) in [6, 6.07) is 23.1. The van der Waals surface area contributed by atoms with E-state index in [0.717, 1.165) is 5.56 Å². The fourth-order valence-corrected chi connectivity index (χ4v) is 2.88. The Morgan fingerprint density at radius 1 is 0.800 bits per heavy atom. The number of rotatable bonds is 8. The van der Waals surface area contributed by atoms with E-state index in [1.807, 2.05) is 30.3 Å². The van der Waals surface area contributed by atoms with Gasteiger partial charge < -0.3 is 15.4 Å². The number of hydrogen-bond donors (Lipinski definition) is 2. The Morgan fingerprint density at radius 3 is 2.17 bits per heavy atom. The van der Waals surface area contributed by atoms with Crippen molar-refractivity contribution >= 4 is 23.3 Å². The van der Waals surface area contributed by atoms with Crippen LogP contribution in [-0.4, -0.2) is 24.2 Å². The third-order valence-electron chi connectivity index (χ3n) is 4.37. The molecule has 6 nitrogen and oxygen atoms in total. The molecule has 0 saturated carbocycles. The van der Waals surface area contributed by atoms with Gasteiger partial charge in [-0.25, -0.2) is 0 Å². The molecule has 0 aromatic heterocycles. The lowest BCUT2D eigenvalue weighted by Crippen LogP contribution is -2.25. The first-order chi connectivity index (χ1) is 14.5. The molecule has 3 aromatic carbocycles. The van der Waals surface area contributed by atoms with Gasteiger partial charge in [0.2, 0.25) is 0 Å². The predicted octanol–water partition coefficient (Wildman–Crippen LogP) is 3.84. The predicted molar refractivity (Wildman–Crippen MR) is 115 cm³/mol. The highest BCUT2D eigenvalue weighted by molar-refractivity contribution is 6.04. The standard InChI is InChI=1S/C24H22N2O4/c1-17(27)19-11-5-7-13-21(19)26-23(28)16-30-22-14-8-6-12-20(22)24(29)25-15-18-9-3-2-4-10-18/h2-14H,15-16H2,1H3,(H,25,29)(H,26,28). The topological polar surface area (TPSA) is 84.5 Å². The smallest absolute Gasteiger partial charge is 0.262 e. The number of carbonyl (C=O) groups is 3. The van der Waals surface area contributed by atoms with Gasteiger partial charge in [0.15, 0.2) is 12.4 Å². The summed E-state index contributed by atoms with van der Waals surface area (Å²) in [5.74, 6) is -0.565. The maximum atomic E-state index is 12.6. The second-order valence-corrected chi connectivity index (χ2v) is 6.60. The van der Waals surface area contributed by atoms with Gasteiger partial charge in [0.25, 0.3) is 11.8 Å². The summed E-state index contributed by atoms with van der Waals surface area (Å²) in [4.78, 5) is 36.6. The van der Waals surface area contributed by atoms with Crippen molar-refractivity contribution in [1.29, 1.82) is 0 Å². The van der Waals surface area contributed by atoms with Crippen LogP contribution in [0.15, 0.2) is 78.9 Å². The molecule has 0 aliphatic rings. The summed E-state index contributed by atoms with van der Waals surface area (Å²) in [7, 11) is 0. The first-order valence-electron chi connectivity index (χ1n) is 9.48. The lowest BCUT2D eigenvalue weighted by atomic mass is 10.1. The summed E-state index contributed by atoms with van der Waals surface area (Å²) in [5, 5.41) is 5.52. The summed E-state index contributed by atoms with van der Waals surface area (Å²) in [5.41, 5.74) is 2.16. The minimum Gasteiger partial charge on any atom is -0.483 e. The molecule has 6 heteroatoms. The van der Waals surface area contributed by atoms with E-state index >= 15 is 0 Å². The Morgan fingerprint density at radius 2 is 1.43 bits per heavy atom. The van der Waals surface area contributed by atoms with E-state index in [9.17, 15) is 14.4 Å². The van der Waals surface area contributed by atoms with Crippen molar-refractivity contribution in [3.63, 3.8) is 0 Å². The molecular weight excluding hydrogens is 380 g/mol.